The second kappa shape index (κ2) is 15.6. The number of hydrogen-bond donors (Lipinski definition) is 1. The molecule has 10 nitrogen and oxygen atoms in total. The first kappa shape index (κ1) is 39.0. The van der Waals surface area contributed by atoms with Crippen LogP contribution in [0.3, 0.4) is 0 Å². The first-order valence-corrected chi connectivity index (χ1v) is 18.9. The first-order chi connectivity index (χ1) is 23.4. The molecule has 1 aliphatic rings. The summed E-state index contributed by atoms with van der Waals surface area (Å²) >= 11 is 0. The smallest absolute Gasteiger partial charge is 0.419 e. The molecule has 3 aromatic carbocycles. The fourth-order valence-electron chi connectivity index (χ4n) is 6.28. The summed E-state index contributed by atoms with van der Waals surface area (Å²) in [6, 6.07) is 18.4. The Bertz CT molecular complexity index is 1720. The van der Waals surface area contributed by atoms with Gasteiger partial charge in [0.1, 0.15) is 17.0 Å². The zero-order valence-electron chi connectivity index (χ0n) is 30.2. The van der Waals surface area contributed by atoms with Crippen molar-refractivity contribution in [1.29, 1.82) is 0 Å². The van der Waals surface area contributed by atoms with E-state index in [0.29, 0.717) is 18.7 Å². The average Bonchev–Trinajstić information content (AvgIpc) is 3.01. The predicted molar refractivity (Wildman–Crippen MR) is 192 cm³/mol. The van der Waals surface area contributed by atoms with E-state index in [1.54, 1.807) is 54.5 Å². The summed E-state index contributed by atoms with van der Waals surface area (Å²) in [6.45, 7) is 12.4. The number of carboxylic acids is 1. The molecule has 0 aromatic heterocycles. The normalized spacial score (nSPS) is 20.0. The van der Waals surface area contributed by atoms with Crippen LogP contribution in [-0.2, 0) is 29.9 Å². The highest BCUT2D eigenvalue weighted by atomic mass is 31.2. The van der Waals surface area contributed by atoms with Crippen LogP contribution >= 0.6 is 7.37 Å². The third kappa shape index (κ3) is 9.50. The number of fused-ring (bicyclic) bond motifs is 1. The largest absolute Gasteiger partial charge is 0.480 e. The van der Waals surface area contributed by atoms with Crippen molar-refractivity contribution < 1.29 is 42.4 Å². The maximum Gasteiger partial charge on any atom is 0.419 e. The monoisotopic (exact) mass is 712 g/mol. The lowest BCUT2D eigenvalue weighted by Gasteiger charge is -2.45. The molecule has 1 unspecified atom stereocenters. The van der Waals surface area contributed by atoms with Gasteiger partial charge in [-0.3, -0.25) is 14.3 Å². The van der Waals surface area contributed by atoms with Crippen molar-refractivity contribution in [3.8, 4) is 11.1 Å². The summed E-state index contributed by atoms with van der Waals surface area (Å²) in [7, 11) is -3.71. The number of hydrogen-bond acceptors (Lipinski definition) is 8. The number of nitrogens with zero attached hydrogens (tertiary/aromatic N) is 2. The molecule has 4 rings (SSSR count). The molecule has 1 fully saturated rings. The van der Waals surface area contributed by atoms with E-state index < -0.39 is 41.9 Å². The van der Waals surface area contributed by atoms with E-state index >= 15 is 0 Å². The first-order valence-electron chi connectivity index (χ1n) is 17.1. The molecule has 272 valence electrons. The van der Waals surface area contributed by atoms with Crippen LogP contribution < -0.4 is 0 Å². The summed E-state index contributed by atoms with van der Waals surface area (Å²) in [5.41, 5.74) is 0.608. The highest BCUT2D eigenvalue weighted by Gasteiger charge is 2.58. The number of imide groups is 1. The molecule has 1 aliphatic heterocycles. The Morgan fingerprint density at radius 2 is 1.56 bits per heavy atom. The highest BCUT2D eigenvalue weighted by Crippen LogP contribution is 2.63. The number of unbranched alkanes of at least 4 members (excludes halogenated alkanes) is 1. The van der Waals surface area contributed by atoms with Gasteiger partial charge in [0.15, 0.2) is 5.16 Å². The fraction of sp³-hybridized carbons (Fsp3) is 0.500. The topological polar surface area (TPSA) is 123 Å². The van der Waals surface area contributed by atoms with E-state index in [-0.39, 0.29) is 50.9 Å². The number of halogens is 1. The lowest BCUT2D eigenvalue weighted by molar-refractivity contribution is -0.141. The van der Waals surface area contributed by atoms with Gasteiger partial charge >= 0.3 is 18.2 Å². The number of benzene rings is 3. The number of aliphatic carboxylic acids is 1. The van der Waals surface area contributed by atoms with Crippen molar-refractivity contribution in [3.05, 3.63) is 72.0 Å². The van der Waals surface area contributed by atoms with Crippen molar-refractivity contribution >= 4 is 36.3 Å². The zero-order valence-corrected chi connectivity index (χ0v) is 31.1. The Hall–Kier alpha value is -3.79. The molecular formula is C38H50FN2O8P. The van der Waals surface area contributed by atoms with Crippen LogP contribution in [0.15, 0.2) is 60.7 Å². The molecular weight excluding hydrogens is 662 g/mol. The minimum absolute atomic E-state index is 0.0203. The molecule has 0 aliphatic carbocycles. The lowest BCUT2D eigenvalue weighted by Crippen LogP contribution is -2.54. The van der Waals surface area contributed by atoms with Crippen LogP contribution in [0, 0.1) is 5.82 Å². The zero-order chi connectivity index (χ0) is 36.9. The van der Waals surface area contributed by atoms with E-state index in [1.165, 1.54) is 12.1 Å². The van der Waals surface area contributed by atoms with Gasteiger partial charge in [-0.15, -0.1) is 0 Å². The second-order valence-electron chi connectivity index (χ2n) is 14.8. The standard InChI is InChI=1S/C38H50FN2O8P/c1-8-47-50(46)22-21-40(25-30-17-18-31(39)24-32(30)29-16-15-27-13-9-10-14-28(27)23-29)26-38(50,33(42)43)19-11-12-20-41(34(44)48-36(2,3)4)35(45)49-37(5,6)7/h9-10,13-18,23-24H,8,11-12,19-22,25-26H2,1-7H3,(H,42,43)/t38-,50?/m0/s1. The van der Waals surface area contributed by atoms with Crippen molar-refractivity contribution in [2.75, 3.05) is 32.4 Å². The Labute approximate surface area is 294 Å². The lowest BCUT2D eigenvalue weighted by atomic mass is 9.95. The molecule has 2 atom stereocenters. The van der Waals surface area contributed by atoms with Crippen LogP contribution in [0.2, 0.25) is 0 Å². The van der Waals surface area contributed by atoms with E-state index in [0.717, 1.165) is 26.8 Å². The third-order valence-electron chi connectivity index (χ3n) is 8.56. The van der Waals surface area contributed by atoms with Crippen molar-refractivity contribution in [1.82, 2.24) is 9.80 Å². The minimum atomic E-state index is -3.71. The molecule has 0 bridgehead atoms. The number of ether oxygens (including phenoxy) is 2. The number of carboxylic acid groups (broad SMARTS) is 1. The van der Waals surface area contributed by atoms with Crippen LogP contribution in [0.25, 0.3) is 21.9 Å². The molecule has 1 N–H and O–H groups in total. The summed E-state index contributed by atoms with van der Waals surface area (Å²) in [5.74, 6) is -1.62. The molecule has 1 saturated heterocycles. The summed E-state index contributed by atoms with van der Waals surface area (Å²) < 4.78 is 45.7. The Morgan fingerprint density at radius 3 is 2.16 bits per heavy atom. The molecule has 12 heteroatoms. The average molecular weight is 713 g/mol. The molecule has 2 amide bonds. The number of amides is 2. The van der Waals surface area contributed by atoms with E-state index in [1.807, 2.05) is 47.4 Å². The van der Waals surface area contributed by atoms with E-state index in [4.69, 9.17) is 14.0 Å². The quantitative estimate of drug-likeness (QED) is 0.153. The summed E-state index contributed by atoms with van der Waals surface area (Å²) in [4.78, 5) is 42.0. The third-order valence-corrected chi connectivity index (χ3v) is 11.9. The number of carbonyl (C=O) groups excluding carboxylic acids is 2. The van der Waals surface area contributed by atoms with Crippen molar-refractivity contribution in [3.63, 3.8) is 0 Å². The van der Waals surface area contributed by atoms with Crippen LogP contribution in [0.1, 0.15) is 73.3 Å². The maximum atomic E-state index is 14.6. The molecule has 50 heavy (non-hydrogen) atoms. The molecule has 0 spiro atoms. The molecule has 0 radical (unpaired) electrons. The van der Waals surface area contributed by atoms with E-state index in [2.05, 4.69) is 0 Å². The van der Waals surface area contributed by atoms with Gasteiger partial charge in [-0.05, 0) is 113 Å². The summed E-state index contributed by atoms with van der Waals surface area (Å²) in [5, 5.41) is 11.1. The van der Waals surface area contributed by atoms with Crippen LogP contribution in [-0.4, -0.2) is 81.8 Å². The van der Waals surface area contributed by atoms with Crippen LogP contribution in [0.5, 0.6) is 0 Å². The van der Waals surface area contributed by atoms with Gasteiger partial charge in [0, 0.05) is 32.3 Å². The number of rotatable bonds is 11. The second-order valence-corrected chi connectivity index (χ2v) is 17.7. The molecule has 3 aromatic rings. The fourth-order valence-corrected chi connectivity index (χ4v) is 9.25. The molecule has 0 saturated carbocycles. The Morgan fingerprint density at radius 1 is 0.920 bits per heavy atom. The summed E-state index contributed by atoms with van der Waals surface area (Å²) in [6.07, 6.45) is -1.30. The van der Waals surface area contributed by atoms with Gasteiger partial charge in [0.25, 0.3) is 0 Å². The molecule has 1 heterocycles. The Balaban J connectivity index is 1.57. The highest BCUT2D eigenvalue weighted by molar-refractivity contribution is 7.62. The maximum absolute atomic E-state index is 14.6. The Kier molecular flexibility index (Phi) is 12.2. The number of carbonyl (C=O) groups is 3. The van der Waals surface area contributed by atoms with E-state index in [9.17, 15) is 28.4 Å². The predicted octanol–water partition coefficient (Wildman–Crippen LogP) is 8.94. The SMILES string of the molecule is CCOP1(=O)CCN(Cc2ccc(F)cc2-c2ccc3ccccc3c2)C[C@@]1(CCCCN(C(=O)OC(C)(C)C)C(=O)OC(C)(C)C)C(=O)O. The van der Waals surface area contributed by atoms with Gasteiger partial charge in [0.05, 0.1) is 6.61 Å². The van der Waals surface area contributed by atoms with Gasteiger partial charge in [-0.25, -0.2) is 18.9 Å². The van der Waals surface area contributed by atoms with Crippen LogP contribution in [0.4, 0.5) is 14.0 Å². The van der Waals surface area contributed by atoms with Crippen molar-refractivity contribution in [2.45, 2.75) is 90.6 Å². The van der Waals surface area contributed by atoms with Gasteiger partial charge in [0.2, 0.25) is 7.37 Å². The van der Waals surface area contributed by atoms with Gasteiger partial charge < -0.3 is 19.1 Å². The van der Waals surface area contributed by atoms with Crippen molar-refractivity contribution in [2.24, 2.45) is 0 Å². The van der Waals surface area contributed by atoms with Gasteiger partial charge in [-0.1, -0.05) is 42.5 Å². The minimum Gasteiger partial charge on any atom is -0.480 e. The van der Waals surface area contributed by atoms with Gasteiger partial charge in [-0.2, -0.15) is 0 Å².